The molecule has 1 unspecified atom stereocenters. The van der Waals surface area contributed by atoms with Gasteiger partial charge in [-0.15, -0.1) is 0 Å². The molecule has 4 N–H and O–H groups in total. The first-order valence-electron chi connectivity index (χ1n) is 3.36. The second-order valence-electron chi connectivity index (χ2n) is 2.83. The van der Waals surface area contributed by atoms with E-state index in [0.717, 1.165) is 0 Å². The summed E-state index contributed by atoms with van der Waals surface area (Å²) in [6.07, 6.45) is -3.49. The molecule has 5 heteroatoms. The van der Waals surface area contributed by atoms with E-state index in [1.807, 2.05) is 0 Å². The number of aliphatic hydroxyl groups excluding tert-OH is 3. The second-order valence-corrected chi connectivity index (χ2v) is 2.83. The van der Waals surface area contributed by atoms with Crippen molar-refractivity contribution in [2.24, 2.45) is 0 Å². The van der Waals surface area contributed by atoms with Crippen LogP contribution in [0.3, 0.4) is 0 Å². The van der Waals surface area contributed by atoms with Crippen molar-refractivity contribution in [1.29, 1.82) is 0 Å². The van der Waals surface area contributed by atoms with Gasteiger partial charge in [0.15, 0.2) is 5.79 Å². The predicted molar refractivity (Wildman–Crippen MR) is 34.6 cm³/mol. The molecule has 0 spiro atoms. The molecule has 1 rings (SSSR count). The fourth-order valence-electron chi connectivity index (χ4n) is 1.11. The Morgan fingerprint density at radius 3 is 2.18 bits per heavy atom. The smallest absolute Gasteiger partial charge is 0.192 e. The van der Waals surface area contributed by atoms with Gasteiger partial charge in [0, 0.05) is 0 Å². The van der Waals surface area contributed by atoms with Crippen molar-refractivity contribution < 1.29 is 25.2 Å². The monoisotopic (exact) mass is 164 g/mol. The van der Waals surface area contributed by atoms with Crippen molar-refractivity contribution in [3.8, 4) is 0 Å². The molecular formula is C6H12O5. The zero-order valence-electron chi connectivity index (χ0n) is 6.14. The van der Waals surface area contributed by atoms with E-state index in [4.69, 9.17) is 20.1 Å². The highest BCUT2D eigenvalue weighted by molar-refractivity contribution is 4.92. The van der Waals surface area contributed by atoms with Gasteiger partial charge in [0.25, 0.3) is 0 Å². The lowest BCUT2D eigenvalue weighted by molar-refractivity contribution is -0.217. The van der Waals surface area contributed by atoms with Crippen LogP contribution in [0.25, 0.3) is 0 Å². The van der Waals surface area contributed by atoms with E-state index in [0.29, 0.717) is 0 Å². The quantitative estimate of drug-likeness (QED) is 0.353. The molecule has 1 aliphatic heterocycles. The van der Waals surface area contributed by atoms with E-state index < -0.39 is 30.7 Å². The van der Waals surface area contributed by atoms with Crippen molar-refractivity contribution >= 4 is 0 Å². The van der Waals surface area contributed by atoms with Gasteiger partial charge >= 0.3 is 0 Å². The number of hydrogen-bond acceptors (Lipinski definition) is 5. The van der Waals surface area contributed by atoms with Crippen LogP contribution in [0, 0.1) is 0 Å². The van der Waals surface area contributed by atoms with Gasteiger partial charge in [0.05, 0.1) is 6.61 Å². The summed E-state index contributed by atoms with van der Waals surface area (Å²) in [5.74, 6) is -1.76. The van der Waals surface area contributed by atoms with Crippen molar-refractivity contribution in [2.45, 2.75) is 31.0 Å². The number of rotatable bonds is 1. The summed E-state index contributed by atoms with van der Waals surface area (Å²) in [5, 5.41) is 36.0. The molecule has 1 aliphatic rings. The van der Waals surface area contributed by atoms with E-state index >= 15 is 0 Å². The van der Waals surface area contributed by atoms with E-state index in [1.165, 1.54) is 6.92 Å². The lowest BCUT2D eigenvalue weighted by atomic mass is 10.1. The molecule has 0 aromatic carbocycles. The summed E-state index contributed by atoms with van der Waals surface area (Å²) in [7, 11) is 0. The van der Waals surface area contributed by atoms with Gasteiger partial charge < -0.3 is 25.2 Å². The van der Waals surface area contributed by atoms with Crippen molar-refractivity contribution in [2.75, 3.05) is 6.61 Å². The minimum Gasteiger partial charge on any atom is -0.394 e. The predicted octanol–water partition coefficient (Wildman–Crippen LogP) is -2.19. The Balaban J connectivity index is 2.69. The summed E-state index contributed by atoms with van der Waals surface area (Å²) in [5.41, 5.74) is 0. The van der Waals surface area contributed by atoms with Gasteiger partial charge in [-0.05, 0) is 6.92 Å². The fourth-order valence-corrected chi connectivity index (χ4v) is 1.11. The van der Waals surface area contributed by atoms with E-state index in [2.05, 4.69) is 0 Å². The standard InChI is InChI=1S/C6H12O5/c1-6(10)5(9)4(8)3(2-7)11-6/h3-5,7-10H,2H2,1H3/t3-,4-,5+,6?/m1/s1. The first kappa shape index (κ1) is 8.89. The average Bonchev–Trinajstić information content (AvgIpc) is 2.13. The highest BCUT2D eigenvalue weighted by atomic mass is 16.7. The minimum absolute atomic E-state index is 0.422. The van der Waals surface area contributed by atoms with Crippen LogP contribution in [0.2, 0.25) is 0 Å². The summed E-state index contributed by atoms with van der Waals surface area (Å²) in [4.78, 5) is 0. The van der Waals surface area contributed by atoms with Gasteiger partial charge in [0.1, 0.15) is 18.3 Å². The molecule has 0 bridgehead atoms. The van der Waals surface area contributed by atoms with Gasteiger partial charge in [0.2, 0.25) is 0 Å². The van der Waals surface area contributed by atoms with Crippen LogP contribution in [-0.4, -0.2) is 51.1 Å². The van der Waals surface area contributed by atoms with Gasteiger partial charge in [-0.2, -0.15) is 0 Å². The average molecular weight is 164 g/mol. The third-order valence-electron chi connectivity index (χ3n) is 1.82. The third-order valence-corrected chi connectivity index (χ3v) is 1.82. The fraction of sp³-hybridized carbons (Fsp3) is 1.00. The Labute approximate surface area is 63.8 Å². The second kappa shape index (κ2) is 2.69. The maximum absolute atomic E-state index is 9.19. The van der Waals surface area contributed by atoms with Gasteiger partial charge in [-0.25, -0.2) is 0 Å². The van der Waals surface area contributed by atoms with Crippen LogP contribution in [0.5, 0.6) is 0 Å². The van der Waals surface area contributed by atoms with Crippen LogP contribution in [-0.2, 0) is 4.74 Å². The van der Waals surface area contributed by atoms with Crippen LogP contribution >= 0.6 is 0 Å². The summed E-state index contributed by atoms with van der Waals surface area (Å²) in [6.45, 7) is 0.810. The Hall–Kier alpha value is -0.200. The van der Waals surface area contributed by atoms with Crippen LogP contribution in [0.15, 0.2) is 0 Å². The summed E-state index contributed by atoms with van der Waals surface area (Å²) < 4.78 is 4.73. The third kappa shape index (κ3) is 1.38. The molecule has 11 heavy (non-hydrogen) atoms. The SMILES string of the molecule is CC1(O)O[C@H](CO)[C@@H](O)[C@@H]1O. The zero-order valence-corrected chi connectivity index (χ0v) is 6.14. The molecule has 0 aromatic rings. The van der Waals surface area contributed by atoms with Crippen molar-refractivity contribution in [3.05, 3.63) is 0 Å². The Kier molecular flexibility index (Phi) is 2.17. The maximum Gasteiger partial charge on any atom is 0.192 e. The Bertz CT molecular complexity index is 146. The van der Waals surface area contributed by atoms with Crippen LogP contribution in [0.4, 0.5) is 0 Å². The molecule has 0 radical (unpaired) electrons. The Morgan fingerprint density at radius 1 is 1.45 bits per heavy atom. The molecule has 1 saturated heterocycles. The van der Waals surface area contributed by atoms with Crippen molar-refractivity contribution in [1.82, 2.24) is 0 Å². The van der Waals surface area contributed by atoms with E-state index in [9.17, 15) is 5.11 Å². The molecule has 0 aliphatic carbocycles. The molecule has 0 saturated carbocycles. The lowest BCUT2D eigenvalue weighted by Gasteiger charge is -2.19. The number of hydrogen-bond donors (Lipinski definition) is 4. The van der Waals surface area contributed by atoms with Crippen molar-refractivity contribution in [3.63, 3.8) is 0 Å². The number of aliphatic hydroxyl groups is 4. The van der Waals surface area contributed by atoms with Gasteiger partial charge in [-0.1, -0.05) is 0 Å². The highest BCUT2D eigenvalue weighted by Crippen LogP contribution is 2.27. The molecule has 1 fully saturated rings. The van der Waals surface area contributed by atoms with E-state index in [1.54, 1.807) is 0 Å². The molecule has 0 amide bonds. The van der Waals surface area contributed by atoms with Crippen LogP contribution in [0.1, 0.15) is 6.92 Å². The molecule has 4 atom stereocenters. The molecule has 0 aromatic heterocycles. The lowest BCUT2D eigenvalue weighted by Crippen LogP contribution is -2.40. The number of ether oxygens (including phenoxy) is 1. The topological polar surface area (TPSA) is 90.2 Å². The normalized spacial score (nSPS) is 51.5. The molecule has 66 valence electrons. The Morgan fingerprint density at radius 2 is 2.00 bits per heavy atom. The first-order chi connectivity index (χ1) is 4.99. The summed E-state index contributed by atoms with van der Waals surface area (Å²) >= 11 is 0. The van der Waals surface area contributed by atoms with Gasteiger partial charge in [-0.3, -0.25) is 0 Å². The molecular weight excluding hydrogens is 152 g/mol. The summed E-state index contributed by atoms with van der Waals surface area (Å²) in [6, 6.07) is 0. The van der Waals surface area contributed by atoms with Crippen LogP contribution < -0.4 is 0 Å². The first-order valence-corrected chi connectivity index (χ1v) is 3.36. The van der Waals surface area contributed by atoms with E-state index in [-0.39, 0.29) is 0 Å². The highest BCUT2D eigenvalue weighted by Gasteiger charge is 2.49. The minimum atomic E-state index is -1.76. The molecule has 5 nitrogen and oxygen atoms in total. The largest absolute Gasteiger partial charge is 0.394 e. The maximum atomic E-state index is 9.19. The molecule has 1 heterocycles. The zero-order chi connectivity index (χ0) is 8.65.